The number of carbonyl (C=O) groups excluding carboxylic acids is 1. The number of guanidine groups is 1. The predicted molar refractivity (Wildman–Crippen MR) is 119 cm³/mol. The van der Waals surface area contributed by atoms with Crippen molar-refractivity contribution < 1.29 is 9.32 Å². The summed E-state index contributed by atoms with van der Waals surface area (Å²) in [6, 6.07) is 1.92. The van der Waals surface area contributed by atoms with Gasteiger partial charge in [0.05, 0.1) is 5.69 Å². The first-order valence-corrected chi connectivity index (χ1v) is 9.71. The zero-order chi connectivity index (χ0) is 19.1. The highest BCUT2D eigenvalue weighted by atomic mass is 127. The number of amides is 1. The minimum atomic E-state index is 0. The number of aliphatic imine (C=N–C) groups is 1. The molecule has 0 bridgehead atoms. The molecule has 3 heterocycles. The van der Waals surface area contributed by atoms with Gasteiger partial charge in [-0.15, -0.1) is 24.0 Å². The summed E-state index contributed by atoms with van der Waals surface area (Å²) in [5, 5.41) is 7.48. The molecule has 2 aliphatic rings. The summed E-state index contributed by atoms with van der Waals surface area (Å²) in [6.07, 6.45) is 1.62. The molecule has 0 radical (unpaired) electrons. The van der Waals surface area contributed by atoms with Crippen molar-refractivity contribution in [2.75, 3.05) is 72.5 Å². The molecule has 1 N–H and O–H groups in total. The van der Waals surface area contributed by atoms with Gasteiger partial charge in [-0.1, -0.05) is 5.16 Å². The first kappa shape index (κ1) is 22.9. The normalized spacial score (nSPS) is 19.4. The smallest absolute Gasteiger partial charge is 0.219 e. The van der Waals surface area contributed by atoms with Crippen LogP contribution in [-0.4, -0.2) is 109 Å². The lowest BCUT2D eigenvalue weighted by Crippen LogP contribution is -2.54. The zero-order valence-electron chi connectivity index (χ0n) is 16.8. The van der Waals surface area contributed by atoms with Crippen LogP contribution in [-0.2, 0) is 11.3 Å². The Bertz CT molecular complexity index is 609. The molecular formula is C18H32IN7O2. The van der Waals surface area contributed by atoms with Crippen LogP contribution in [0.25, 0.3) is 0 Å². The number of aromatic nitrogens is 1. The molecular weight excluding hydrogens is 473 g/mol. The summed E-state index contributed by atoms with van der Waals surface area (Å²) >= 11 is 0. The summed E-state index contributed by atoms with van der Waals surface area (Å²) in [6.45, 7) is 11.7. The summed E-state index contributed by atoms with van der Waals surface area (Å²) in [5.41, 5.74) is 0.982. The fraction of sp³-hybridized carbons (Fsp3) is 0.722. The highest BCUT2D eigenvalue weighted by Gasteiger charge is 2.21. The fourth-order valence-electron chi connectivity index (χ4n) is 3.61. The molecule has 1 amide bonds. The van der Waals surface area contributed by atoms with Crippen LogP contribution in [0, 0.1) is 0 Å². The van der Waals surface area contributed by atoms with E-state index in [4.69, 9.17) is 4.52 Å². The molecule has 0 spiro atoms. The molecule has 2 saturated heterocycles. The van der Waals surface area contributed by atoms with E-state index in [0.717, 1.165) is 83.6 Å². The lowest BCUT2D eigenvalue weighted by atomic mass is 10.3. The number of nitrogens with zero attached hydrogens (tertiary/aromatic N) is 6. The van der Waals surface area contributed by atoms with Crippen molar-refractivity contribution in [3.63, 3.8) is 0 Å². The average Bonchev–Trinajstić information content (AvgIpc) is 3.19. The van der Waals surface area contributed by atoms with Crippen molar-refractivity contribution in [3.05, 3.63) is 18.0 Å². The maximum atomic E-state index is 11.4. The molecule has 0 unspecified atom stereocenters. The van der Waals surface area contributed by atoms with Gasteiger partial charge in [0.2, 0.25) is 5.91 Å². The summed E-state index contributed by atoms with van der Waals surface area (Å²) in [5.74, 6) is 1.15. The molecule has 28 heavy (non-hydrogen) atoms. The van der Waals surface area contributed by atoms with Gasteiger partial charge in [-0.3, -0.25) is 19.6 Å². The molecule has 158 valence electrons. The van der Waals surface area contributed by atoms with Crippen LogP contribution < -0.4 is 5.32 Å². The Labute approximate surface area is 184 Å². The minimum Gasteiger partial charge on any atom is -0.364 e. The second-order valence-corrected chi connectivity index (χ2v) is 7.08. The number of piperazine rings is 2. The van der Waals surface area contributed by atoms with Crippen molar-refractivity contribution in [2.45, 2.75) is 13.5 Å². The molecule has 9 nitrogen and oxygen atoms in total. The van der Waals surface area contributed by atoms with Gasteiger partial charge in [-0.2, -0.15) is 0 Å². The number of nitrogens with one attached hydrogen (secondary N) is 1. The standard InChI is InChI=1S/C18H31N7O2.HI/c1-16(26)24-10-6-22(7-11-24)5-4-20-18(19-2)25-12-8-23(9-13-25)15-17-3-14-27-21-17;/h3,14H,4-13,15H2,1-2H3,(H,19,20);1H. The van der Waals surface area contributed by atoms with Crippen molar-refractivity contribution in [1.82, 2.24) is 30.1 Å². The number of carbonyl (C=O) groups is 1. The van der Waals surface area contributed by atoms with Crippen LogP contribution in [0.3, 0.4) is 0 Å². The number of hydrogen-bond acceptors (Lipinski definition) is 6. The zero-order valence-corrected chi connectivity index (χ0v) is 19.2. The van der Waals surface area contributed by atoms with Gasteiger partial charge in [0.15, 0.2) is 5.96 Å². The molecule has 1 aromatic rings. The van der Waals surface area contributed by atoms with Gasteiger partial charge in [-0.25, -0.2) is 0 Å². The number of rotatable bonds is 5. The van der Waals surface area contributed by atoms with E-state index in [2.05, 4.69) is 30.2 Å². The van der Waals surface area contributed by atoms with Crippen LogP contribution >= 0.6 is 24.0 Å². The van der Waals surface area contributed by atoms with E-state index in [-0.39, 0.29) is 29.9 Å². The molecule has 10 heteroatoms. The maximum absolute atomic E-state index is 11.4. The van der Waals surface area contributed by atoms with Gasteiger partial charge in [0, 0.05) is 92.0 Å². The van der Waals surface area contributed by atoms with E-state index in [1.54, 1.807) is 13.2 Å². The molecule has 1 aromatic heterocycles. The molecule has 2 aliphatic heterocycles. The van der Waals surface area contributed by atoms with Crippen LogP contribution in [0.2, 0.25) is 0 Å². The second-order valence-electron chi connectivity index (χ2n) is 7.08. The van der Waals surface area contributed by atoms with E-state index in [0.29, 0.717) is 0 Å². The van der Waals surface area contributed by atoms with E-state index >= 15 is 0 Å². The quantitative estimate of drug-likeness (QED) is 0.347. The van der Waals surface area contributed by atoms with Crippen molar-refractivity contribution >= 4 is 35.8 Å². The van der Waals surface area contributed by atoms with Crippen molar-refractivity contribution in [2.24, 2.45) is 4.99 Å². The Morgan fingerprint density at radius 2 is 1.75 bits per heavy atom. The Morgan fingerprint density at radius 1 is 1.11 bits per heavy atom. The minimum absolute atomic E-state index is 0. The second kappa shape index (κ2) is 11.6. The van der Waals surface area contributed by atoms with Crippen molar-refractivity contribution in [3.8, 4) is 0 Å². The van der Waals surface area contributed by atoms with Gasteiger partial charge in [0.1, 0.15) is 6.26 Å². The highest BCUT2D eigenvalue weighted by molar-refractivity contribution is 14.0. The topological polar surface area (TPSA) is 80.5 Å². The molecule has 0 atom stereocenters. The van der Waals surface area contributed by atoms with Crippen LogP contribution in [0.1, 0.15) is 12.6 Å². The van der Waals surface area contributed by atoms with Crippen LogP contribution in [0.15, 0.2) is 21.8 Å². The maximum Gasteiger partial charge on any atom is 0.219 e. The van der Waals surface area contributed by atoms with E-state index < -0.39 is 0 Å². The van der Waals surface area contributed by atoms with Gasteiger partial charge < -0.3 is 19.6 Å². The Hall–Kier alpha value is -1.40. The van der Waals surface area contributed by atoms with Crippen LogP contribution in [0.4, 0.5) is 0 Å². The Balaban J connectivity index is 0.00000280. The average molecular weight is 505 g/mol. The molecule has 0 aromatic carbocycles. The third-order valence-electron chi connectivity index (χ3n) is 5.29. The van der Waals surface area contributed by atoms with E-state index in [1.165, 1.54) is 0 Å². The Kier molecular flexibility index (Phi) is 9.45. The SMILES string of the molecule is CN=C(NCCN1CCN(C(C)=O)CC1)N1CCN(Cc2ccon2)CC1.I. The van der Waals surface area contributed by atoms with Crippen molar-refractivity contribution in [1.29, 1.82) is 0 Å². The van der Waals surface area contributed by atoms with E-state index in [1.807, 2.05) is 18.0 Å². The fourth-order valence-corrected chi connectivity index (χ4v) is 3.61. The van der Waals surface area contributed by atoms with Gasteiger partial charge in [0.25, 0.3) is 0 Å². The predicted octanol–water partition coefficient (Wildman–Crippen LogP) is 0.150. The first-order chi connectivity index (χ1) is 13.2. The molecule has 0 aliphatic carbocycles. The highest BCUT2D eigenvalue weighted by Crippen LogP contribution is 2.07. The lowest BCUT2D eigenvalue weighted by molar-refractivity contribution is -0.130. The van der Waals surface area contributed by atoms with Gasteiger partial charge in [-0.05, 0) is 0 Å². The third-order valence-corrected chi connectivity index (χ3v) is 5.29. The Morgan fingerprint density at radius 3 is 2.32 bits per heavy atom. The van der Waals surface area contributed by atoms with E-state index in [9.17, 15) is 4.79 Å². The number of halogens is 1. The number of hydrogen-bond donors (Lipinski definition) is 1. The lowest BCUT2D eigenvalue weighted by Gasteiger charge is -2.37. The summed E-state index contributed by atoms with van der Waals surface area (Å²) in [4.78, 5) is 24.9. The van der Waals surface area contributed by atoms with Crippen LogP contribution in [0.5, 0.6) is 0 Å². The van der Waals surface area contributed by atoms with Gasteiger partial charge >= 0.3 is 0 Å². The summed E-state index contributed by atoms with van der Waals surface area (Å²) in [7, 11) is 1.84. The molecule has 3 rings (SSSR count). The largest absolute Gasteiger partial charge is 0.364 e. The summed E-state index contributed by atoms with van der Waals surface area (Å²) < 4.78 is 4.91. The molecule has 0 saturated carbocycles. The third kappa shape index (κ3) is 6.59. The molecule has 2 fully saturated rings. The monoisotopic (exact) mass is 505 g/mol. The first-order valence-electron chi connectivity index (χ1n) is 9.71.